The lowest BCUT2D eigenvalue weighted by molar-refractivity contribution is -0.274. The fourth-order valence-corrected chi connectivity index (χ4v) is 3.59. The fourth-order valence-electron chi connectivity index (χ4n) is 3.59. The van der Waals surface area contributed by atoms with Gasteiger partial charge in [-0.15, -0.1) is 13.2 Å². The summed E-state index contributed by atoms with van der Waals surface area (Å²) in [6, 6.07) is 13.3. The Bertz CT molecular complexity index is 1350. The van der Waals surface area contributed by atoms with E-state index in [2.05, 4.69) is 9.72 Å². The Balaban J connectivity index is 0.000000505. The Kier molecular flexibility index (Phi) is 7.56. The summed E-state index contributed by atoms with van der Waals surface area (Å²) in [4.78, 5) is 41.9. The number of pyridine rings is 1. The average Bonchev–Trinajstić information content (AvgIpc) is 2.98. The minimum absolute atomic E-state index is 0.166. The zero-order valence-electron chi connectivity index (χ0n) is 19.7. The zero-order chi connectivity index (χ0) is 28.5. The minimum atomic E-state index is -5.08. The number of ether oxygens (including phenoxy) is 1. The molecule has 1 fully saturated rings. The van der Waals surface area contributed by atoms with E-state index in [0.29, 0.717) is 0 Å². The Morgan fingerprint density at radius 3 is 2.11 bits per heavy atom. The highest BCUT2D eigenvalue weighted by Crippen LogP contribution is 2.35. The Morgan fingerprint density at radius 1 is 0.974 bits per heavy atom. The molecule has 3 amide bonds. The predicted molar refractivity (Wildman–Crippen MR) is 121 cm³/mol. The molecular formula is C24H19F6N3O5. The van der Waals surface area contributed by atoms with Crippen molar-refractivity contribution in [3.05, 3.63) is 66.4 Å². The molecule has 38 heavy (non-hydrogen) atoms. The Labute approximate surface area is 211 Å². The summed E-state index contributed by atoms with van der Waals surface area (Å²) < 4.78 is 72.7. The SMILES string of the molecule is CC1(C)C(=O)N(c2ccc(OC(F)(F)F)cc2)C(=O)N1Cc1ccnc2ccccc12.O=C(O)C(F)(F)F. The minimum Gasteiger partial charge on any atom is -0.475 e. The largest absolute Gasteiger partial charge is 0.573 e. The number of fused-ring (bicyclic) bond motifs is 1. The number of carbonyl (C=O) groups is 3. The molecule has 4 rings (SSSR count). The number of carboxylic acids is 1. The van der Waals surface area contributed by atoms with Gasteiger partial charge in [-0.1, -0.05) is 18.2 Å². The van der Waals surface area contributed by atoms with Gasteiger partial charge in [-0.05, 0) is 55.8 Å². The molecule has 2 heterocycles. The molecule has 202 valence electrons. The van der Waals surface area contributed by atoms with Crippen LogP contribution in [0.15, 0.2) is 60.8 Å². The second kappa shape index (κ2) is 10.2. The first-order valence-electron chi connectivity index (χ1n) is 10.7. The topological polar surface area (TPSA) is 100 Å². The third kappa shape index (κ3) is 6.12. The number of amides is 3. The number of nitrogens with zero attached hydrogens (tertiary/aromatic N) is 3. The third-order valence-electron chi connectivity index (χ3n) is 5.46. The van der Waals surface area contributed by atoms with Crippen LogP contribution in [-0.2, 0) is 16.1 Å². The number of halogens is 6. The van der Waals surface area contributed by atoms with E-state index in [0.717, 1.165) is 33.5 Å². The molecule has 0 saturated carbocycles. The van der Waals surface area contributed by atoms with Crippen LogP contribution in [0.2, 0.25) is 0 Å². The first-order valence-corrected chi connectivity index (χ1v) is 10.7. The average molecular weight is 543 g/mol. The number of rotatable bonds is 4. The number of carboxylic acid groups (broad SMARTS) is 1. The van der Waals surface area contributed by atoms with Crippen LogP contribution >= 0.6 is 0 Å². The molecule has 0 bridgehead atoms. The van der Waals surface area contributed by atoms with E-state index in [4.69, 9.17) is 9.90 Å². The van der Waals surface area contributed by atoms with Crippen molar-refractivity contribution in [1.29, 1.82) is 0 Å². The molecule has 0 unspecified atom stereocenters. The molecule has 1 aliphatic rings. The van der Waals surface area contributed by atoms with Gasteiger partial charge in [0.05, 0.1) is 11.2 Å². The van der Waals surface area contributed by atoms with Crippen molar-refractivity contribution in [3.8, 4) is 5.75 Å². The van der Waals surface area contributed by atoms with Crippen molar-refractivity contribution >= 4 is 34.5 Å². The zero-order valence-corrected chi connectivity index (χ0v) is 19.7. The van der Waals surface area contributed by atoms with Gasteiger partial charge in [-0.3, -0.25) is 9.78 Å². The van der Waals surface area contributed by atoms with Crippen LogP contribution in [0.5, 0.6) is 5.75 Å². The van der Waals surface area contributed by atoms with Crippen molar-refractivity contribution in [2.24, 2.45) is 0 Å². The number of imide groups is 1. The smallest absolute Gasteiger partial charge is 0.475 e. The van der Waals surface area contributed by atoms with Crippen LogP contribution in [0.4, 0.5) is 36.8 Å². The van der Waals surface area contributed by atoms with Crippen molar-refractivity contribution in [3.63, 3.8) is 0 Å². The number of aromatic nitrogens is 1. The van der Waals surface area contributed by atoms with E-state index in [1.807, 2.05) is 24.3 Å². The van der Waals surface area contributed by atoms with Crippen molar-refractivity contribution in [2.75, 3.05) is 4.90 Å². The summed E-state index contributed by atoms with van der Waals surface area (Å²) in [5.74, 6) is -3.66. The lowest BCUT2D eigenvalue weighted by Gasteiger charge is -2.28. The van der Waals surface area contributed by atoms with E-state index >= 15 is 0 Å². The van der Waals surface area contributed by atoms with E-state index in [1.54, 1.807) is 26.1 Å². The molecule has 0 radical (unpaired) electrons. The second-order valence-electron chi connectivity index (χ2n) is 8.40. The van der Waals surface area contributed by atoms with Crippen LogP contribution in [0.1, 0.15) is 19.4 Å². The summed E-state index contributed by atoms with van der Waals surface area (Å²) >= 11 is 0. The maximum Gasteiger partial charge on any atom is 0.573 e. The van der Waals surface area contributed by atoms with Crippen molar-refractivity contribution < 1.29 is 50.6 Å². The molecule has 2 aromatic carbocycles. The molecule has 0 atom stereocenters. The van der Waals surface area contributed by atoms with Gasteiger partial charge < -0.3 is 14.7 Å². The third-order valence-corrected chi connectivity index (χ3v) is 5.46. The number of alkyl halides is 6. The van der Waals surface area contributed by atoms with E-state index in [1.165, 1.54) is 17.0 Å². The first-order chi connectivity index (χ1) is 17.5. The quantitative estimate of drug-likeness (QED) is 0.344. The normalized spacial score (nSPS) is 15.4. The van der Waals surface area contributed by atoms with Gasteiger partial charge in [0.25, 0.3) is 5.91 Å². The number of aliphatic carboxylic acids is 1. The molecule has 1 N–H and O–H groups in total. The number of urea groups is 1. The maximum atomic E-state index is 13.2. The number of hydrogen-bond donors (Lipinski definition) is 1. The standard InChI is InChI=1S/C22H18F3N3O3.C2HF3O2/c1-21(2)19(29)28(15-7-9-16(10-8-15)31-22(23,24)25)20(30)27(21)13-14-11-12-26-18-6-4-3-5-17(14)18;3-2(4,5)1(6)7/h3-12H,13H2,1-2H3;(H,6,7). The molecule has 1 aromatic heterocycles. The van der Waals surface area contributed by atoms with E-state index in [-0.39, 0.29) is 12.2 Å². The van der Waals surface area contributed by atoms with Gasteiger partial charge in [0, 0.05) is 18.1 Å². The van der Waals surface area contributed by atoms with Crippen LogP contribution in [-0.4, -0.2) is 51.0 Å². The lowest BCUT2D eigenvalue weighted by atomic mass is 10.0. The Morgan fingerprint density at radius 2 is 1.55 bits per heavy atom. The van der Waals surface area contributed by atoms with Gasteiger partial charge in [-0.2, -0.15) is 13.2 Å². The summed E-state index contributed by atoms with van der Waals surface area (Å²) in [5, 5.41) is 7.99. The van der Waals surface area contributed by atoms with Crippen LogP contribution in [0.3, 0.4) is 0 Å². The summed E-state index contributed by atoms with van der Waals surface area (Å²) in [6.45, 7) is 3.45. The molecular weight excluding hydrogens is 524 g/mol. The maximum absolute atomic E-state index is 13.2. The number of benzene rings is 2. The molecule has 1 saturated heterocycles. The van der Waals surface area contributed by atoms with Crippen LogP contribution in [0.25, 0.3) is 10.9 Å². The number of para-hydroxylation sites is 1. The van der Waals surface area contributed by atoms with Gasteiger partial charge in [0.1, 0.15) is 11.3 Å². The highest BCUT2D eigenvalue weighted by molar-refractivity contribution is 6.23. The molecule has 3 aromatic rings. The van der Waals surface area contributed by atoms with Gasteiger partial charge in [0.15, 0.2) is 0 Å². The summed E-state index contributed by atoms with van der Waals surface area (Å²) in [6.07, 6.45) is -8.27. The highest BCUT2D eigenvalue weighted by atomic mass is 19.4. The molecule has 0 aliphatic carbocycles. The van der Waals surface area contributed by atoms with Crippen LogP contribution < -0.4 is 9.64 Å². The summed E-state index contributed by atoms with van der Waals surface area (Å²) in [7, 11) is 0. The van der Waals surface area contributed by atoms with Crippen molar-refractivity contribution in [1.82, 2.24) is 9.88 Å². The Hall–Kier alpha value is -4.36. The van der Waals surface area contributed by atoms with E-state index < -0.39 is 41.7 Å². The van der Waals surface area contributed by atoms with Crippen LogP contribution in [0, 0.1) is 0 Å². The first kappa shape index (κ1) is 28.2. The van der Waals surface area contributed by atoms with Gasteiger partial charge in [0.2, 0.25) is 0 Å². The highest BCUT2D eigenvalue weighted by Gasteiger charge is 2.51. The van der Waals surface area contributed by atoms with Gasteiger partial charge in [-0.25, -0.2) is 14.5 Å². The van der Waals surface area contributed by atoms with Gasteiger partial charge >= 0.3 is 24.5 Å². The molecule has 0 spiro atoms. The lowest BCUT2D eigenvalue weighted by Crippen LogP contribution is -2.43. The molecule has 14 heteroatoms. The fraction of sp³-hybridized carbons (Fsp3) is 0.250. The second-order valence-corrected chi connectivity index (χ2v) is 8.40. The molecule has 8 nitrogen and oxygen atoms in total. The van der Waals surface area contributed by atoms with E-state index in [9.17, 15) is 35.9 Å². The monoisotopic (exact) mass is 543 g/mol. The number of anilines is 1. The number of hydrogen-bond acceptors (Lipinski definition) is 5. The summed E-state index contributed by atoms with van der Waals surface area (Å²) in [5.41, 5.74) is 0.617. The predicted octanol–water partition coefficient (Wildman–Crippen LogP) is 5.51. The number of carbonyl (C=O) groups excluding carboxylic acids is 2. The molecule has 1 aliphatic heterocycles. The van der Waals surface area contributed by atoms with Crippen molar-refractivity contribution in [2.45, 2.75) is 38.5 Å².